The maximum atomic E-state index is 13.0. The summed E-state index contributed by atoms with van der Waals surface area (Å²) in [6.45, 7) is 3.15. The molecule has 1 heterocycles. The lowest BCUT2D eigenvalue weighted by atomic mass is 10.1. The van der Waals surface area contributed by atoms with Gasteiger partial charge in [-0.2, -0.15) is 0 Å². The summed E-state index contributed by atoms with van der Waals surface area (Å²) in [5, 5.41) is 6.37. The number of carbonyl (C=O) groups is 1. The Hall–Kier alpha value is -3.07. The molecule has 4 rings (SSSR count). The van der Waals surface area contributed by atoms with Crippen molar-refractivity contribution in [2.75, 3.05) is 5.32 Å². The van der Waals surface area contributed by atoms with E-state index in [1.165, 1.54) is 18.2 Å². The van der Waals surface area contributed by atoms with E-state index in [0.29, 0.717) is 0 Å². The SMILES string of the molecule is CCCCCn1cc(C(=O)Nc2ccc3ccccc3c2)c2ccccc21. The zero-order chi connectivity index (χ0) is 18.6. The van der Waals surface area contributed by atoms with Crippen LogP contribution >= 0.6 is 0 Å². The first kappa shape index (κ1) is 17.3. The number of hydrogen-bond acceptors (Lipinski definition) is 1. The van der Waals surface area contributed by atoms with Gasteiger partial charge in [-0.05, 0) is 35.4 Å². The van der Waals surface area contributed by atoms with Crippen LogP contribution in [0.3, 0.4) is 0 Å². The number of anilines is 1. The molecule has 136 valence electrons. The fraction of sp³-hybridized carbons (Fsp3) is 0.208. The molecule has 1 aromatic heterocycles. The number of fused-ring (bicyclic) bond motifs is 2. The van der Waals surface area contributed by atoms with E-state index >= 15 is 0 Å². The molecule has 0 spiro atoms. The number of nitrogens with zero attached hydrogens (tertiary/aromatic N) is 1. The van der Waals surface area contributed by atoms with Crippen molar-refractivity contribution in [1.82, 2.24) is 4.57 Å². The second-order valence-corrected chi connectivity index (χ2v) is 6.98. The van der Waals surface area contributed by atoms with Crippen LogP contribution < -0.4 is 5.32 Å². The number of nitrogens with one attached hydrogen (secondary N) is 1. The number of unbranched alkanes of at least 4 members (excludes halogenated alkanes) is 2. The predicted molar refractivity (Wildman–Crippen MR) is 113 cm³/mol. The molecule has 3 aromatic carbocycles. The van der Waals surface area contributed by atoms with E-state index in [-0.39, 0.29) is 5.91 Å². The van der Waals surface area contributed by atoms with Crippen LogP contribution in [0.4, 0.5) is 5.69 Å². The van der Waals surface area contributed by atoms with Crippen LogP contribution in [0.5, 0.6) is 0 Å². The molecule has 0 aliphatic carbocycles. The Balaban J connectivity index is 1.63. The maximum Gasteiger partial charge on any atom is 0.257 e. The molecule has 0 fully saturated rings. The van der Waals surface area contributed by atoms with Crippen LogP contribution in [-0.2, 0) is 6.54 Å². The third kappa shape index (κ3) is 3.59. The smallest absolute Gasteiger partial charge is 0.257 e. The summed E-state index contributed by atoms with van der Waals surface area (Å²) in [5.74, 6) is -0.0595. The zero-order valence-electron chi connectivity index (χ0n) is 15.6. The van der Waals surface area contributed by atoms with Crippen LogP contribution in [-0.4, -0.2) is 10.5 Å². The summed E-state index contributed by atoms with van der Waals surface area (Å²) >= 11 is 0. The van der Waals surface area contributed by atoms with Gasteiger partial charge >= 0.3 is 0 Å². The second kappa shape index (κ2) is 7.67. The largest absolute Gasteiger partial charge is 0.347 e. The first-order valence-corrected chi connectivity index (χ1v) is 9.64. The molecule has 1 N–H and O–H groups in total. The van der Waals surface area contributed by atoms with E-state index in [0.717, 1.165) is 40.5 Å². The van der Waals surface area contributed by atoms with Crippen LogP contribution in [0.1, 0.15) is 36.5 Å². The molecule has 0 bridgehead atoms. The summed E-state index contributed by atoms with van der Waals surface area (Å²) in [6.07, 6.45) is 5.51. The number of hydrogen-bond donors (Lipinski definition) is 1. The first-order chi connectivity index (χ1) is 13.3. The van der Waals surface area contributed by atoms with Crippen LogP contribution in [0.25, 0.3) is 21.7 Å². The number of amides is 1. The Bertz CT molecular complexity index is 1090. The minimum absolute atomic E-state index is 0.0595. The van der Waals surface area contributed by atoms with Crippen molar-refractivity contribution >= 4 is 33.3 Å². The Morgan fingerprint density at radius 3 is 2.56 bits per heavy atom. The van der Waals surface area contributed by atoms with Crippen LogP contribution in [0.15, 0.2) is 72.9 Å². The lowest BCUT2D eigenvalue weighted by Gasteiger charge is -2.06. The van der Waals surface area contributed by atoms with Gasteiger partial charge in [0, 0.05) is 29.3 Å². The third-order valence-electron chi connectivity index (χ3n) is 5.04. The highest BCUT2D eigenvalue weighted by Gasteiger charge is 2.15. The molecular formula is C24H24N2O. The van der Waals surface area contributed by atoms with Gasteiger partial charge in [-0.25, -0.2) is 0 Å². The molecule has 0 aliphatic rings. The molecule has 0 atom stereocenters. The molecule has 0 radical (unpaired) electrons. The van der Waals surface area contributed by atoms with Gasteiger partial charge in [0.25, 0.3) is 5.91 Å². The van der Waals surface area contributed by atoms with E-state index in [9.17, 15) is 4.79 Å². The molecule has 3 heteroatoms. The Kier molecular flexibility index (Phi) is 4.93. The Morgan fingerprint density at radius 1 is 0.926 bits per heavy atom. The fourth-order valence-corrected chi connectivity index (χ4v) is 3.61. The fourth-order valence-electron chi connectivity index (χ4n) is 3.61. The third-order valence-corrected chi connectivity index (χ3v) is 5.04. The number of benzene rings is 3. The molecule has 0 aliphatic heterocycles. The lowest BCUT2D eigenvalue weighted by molar-refractivity contribution is 0.102. The number of para-hydroxylation sites is 1. The molecular weight excluding hydrogens is 332 g/mol. The molecule has 4 aromatic rings. The zero-order valence-corrected chi connectivity index (χ0v) is 15.6. The molecule has 1 amide bonds. The molecule has 0 unspecified atom stereocenters. The topological polar surface area (TPSA) is 34.0 Å². The summed E-state index contributed by atoms with van der Waals surface area (Å²) < 4.78 is 2.21. The lowest BCUT2D eigenvalue weighted by Crippen LogP contribution is -2.11. The molecule has 0 saturated carbocycles. The van der Waals surface area contributed by atoms with E-state index in [4.69, 9.17) is 0 Å². The molecule has 0 saturated heterocycles. The van der Waals surface area contributed by atoms with Gasteiger partial charge in [-0.15, -0.1) is 0 Å². The summed E-state index contributed by atoms with van der Waals surface area (Å²) in [7, 11) is 0. The summed E-state index contributed by atoms with van der Waals surface area (Å²) in [5.41, 5.74) is 2.68. The Labute approximate surface area is 159 Å². The molecule has 3 nitrogen and oxygen atoms in total. The van der Waals surface area contributed by atoms with Crippen molar-refractivity contribution in [3.63, 3.8) is 0 Å². The van der Waals surface area contributed by atoms with Crippen molar-refractivity contribution in [1.29, 1.82) is 0 Å². The van der Waals surface area contributed by atoms with E-state index in [1.807, 2.05) is 54.7 Å². The second-order valence-electron chi connectivity index (χ2n) is 6.98. The van der Waals surface area contributed by atoms with Crippen molar-refractivity contribution in [2.24, 2.45) is 0 Å². The van der Waals surface area contributed by atoms with E-state index < -0.39 is 0 Å². The van der Waals surface area contributed by atoms with E-state index in [2.05, 4.69) is 35.0 Å². The number of carbonyl (C=O) groups excluding carboxylic acids is 1. The van der Waals surface area contributed by atoms with Crippen molar-refractivity contribution in [2.45, 2.75) is 32.7 Å². The van der Waals surface area contributed by atoms with Gasteiger partial charge in [0.05, 0.1) is 5.56 Å². The van der Waals surface area contributed by atoms with Crippen molar-refractivity contribution in [3.8, 4) is 0 Å². The van der Waals surface area contributed by atoms with Gasteiger partial charge in [-0.3, -0.25) is 4.79 Å². The van der Waals surface area contributed by atoms with Crippen molar-refractivity contribution in [3.05, 3.63) is 78.5 Å². The van der Waals surface area contributed by atoms with Crippen molar-refractivity contribution < 1.29 is 4.79 Å². The Morgan fingerprint density at radius 2 is 1.70 bits per heavy atom. The van der Waals surface area contributed by atoms with Gasteiger partial charge < -0.3 is 9.88 Å². The number of rotatable bonds is 6. The van der Waals surface area contributed by atoms with Gasteiger partial charge in [0.15, 0.2) is 0 Å². The standard InChI is InChI=1S/C24H24N2O/c1-2-3-8-15-26-17-22(21-11-6-7-12-23(21)26)24(27)25-20-14-13-18-9-4-5-10-19(18)16-20/h4-7,9-14,16-17H,2-3,8,15H2,1H3,(H,25,27). The average molecular weight is 356 g/mol. The monoisotopic (exact) mass is 356 g/mol. The number of aromatic nitrogens is 1. The van der Waals surface area contributed by atoms with E-state index in [1.54, 1.807) is 0 Å². The molecule has 27 heavy (non-hydrogen) atoms. The quantitative estimate of drug-likeness (QED) is 0.408. The van der Waals surface area contributed by atoms with Crippen LogP contribution in [0.2, 0.25) is 0 Å². The van der Waals surface area contributed by atoms with Crippen LogP contribution in [0, 0.1) is 0 Å². The highest BCUT2D eigenvalue weighted by atomic mass is 16.1. The first-order valence-electron chi connectivity index (χ1n) is 9.64. The van der Waals surface area contributed by atoms with Gasteiger partial charge in [0.2, 0.25) is 0 Å². The average Bonchev–Trinajstić information content (AvgIpc) is 3.07. The number of aryl methyl sites for hydroxylation is 1. The minimum Gasteiger partial charge on any atom is -0.347 e. The van der Waals surface area contributed by atoms with Gasteiger partial charge in [0.1, 0.15) is 0 Å². The maximum absolute atomic E-state index is 13.0. The summed E-state index contributed by atoms with van der Waals surface area (Å²) in [4.78, 5) is 13.0. The normalized spacial score (nSPS) is 11.1. The predicted octanol–water partition coefficient (Wildman–Crippen LogP) is 6.24. The highest BCUT2D eigenvalue weighted by molar-refractivity contribution is 6.13. The minimum atomic E-state index is -0.0595. The summed E-state index contributed by atoms with van der Waals surface area (Å²) in [6, 6.07) is 22.3. The van der Waals surface area contributed by atoms with Gasteiger partial charge in [-0.1, -0.05) is 68.3 Å². The highest BCUT2D eigenvalue weighted by Crippen LogP contribution is 2.24.